The number of unbranched alkanes of at least 4 members (excludes halogenated alkanes) is 9. The second-order valence-electron chi connectivity index (χ2n) is 9.11. The second kappa shape index (κ2) is 14.1. The van der Waals surface area contributed by atoms with Crippen LogP contribution >= 0.6 is 0 Å². The third-order valence-corrected chi connectivity index (χ3v) is 6.31. The van der Waals surface area contributed by atoms with Crippen LogP contribution in [0.2, 0.25) is 0 Å². The van der Waals surface area contributed by atoms with Crippen LogP contribution in [0.15, 0.2) is 54.6 Å². The third-order valence-electron chi connectivity index (χ3n) is 6.31. The lowest BCUT2D eigenvalue weighted by Crippen LogP contribution is -2.24. The lowest BCUT2D eigenvalue weighted by Gasteiger charge is -2.14. The molecule has 0 atom stereocenters. The van der Waals surface area contributed by atoms with Gasteiger partial charge >= 0.3 is 0 Å². The van der Waals surface area contributed by atoms with E-state index in [0.29, 0.717) is 28.8 Å². The van der Waals surface area contributed by atoms with Gasteiger partial charge in [-0.1, -0.05) is 89.0 Å². The van der Waals surface area contributed by atoms with Gasteiger partial charge in [-0.15, -0.1) is 0 Å². The predicted molar refractivity (Wildman–Crippen MR) is 143 cm³/mol. The number of carbonyl (C=O) groups excluding carboxylic acids is 1. The minimum absolute atomic E-state index is 0.0371. The molecular weight excluding hydrogens is 456 g/mol. The van der Waals surface area contributed by atoms with Crippen molar-refractivity contribution >= 4 is 22.4 Å². The number of benzene rings is 3. The number of nitro groups is 1. The number of nitrogens with zero attached hydrogens (tertiary/aromatic N) is 1. The van der Waals surface area contributed by atoms with Gasteiger partial charge in [-0.05, 0) is 24.6 Å². The number of nitro benzene ring substituents is 1. The molecule has 0 radical (unpaired) electrons. The number of hydrogen-bond donors (Lipinski definition) is 2. The lowest BCUT2D eigenvalue weighted by molar-refractivity contribution is -0.384. The van der Waals surface area contributed by atoms with Gasteiger partial charge in [0.1, 0.15) is 17.2 Å². The molecule has 36 heavy (non-hydrogen) atoms. The number of nitrogens with one attached hydrogen (secondary N) is 1. The molecule has 0 aliphatic carbocycles. The third kappa shape index (κ3) is 7.70. The highest BCUT2D eigenvalue weighted by Gasteiger charge is 2.18. The van der Waals surface area contributed by atoms with Crippen LogP contribution < -0.4 is 10.1 Å². The van der Waals surface area contributed by atoms with Crippen molar-refractivity contribution in [2.45, 2.75) is 71.1 Å². The maximum Gasteiger partial charge on any atom is 0.269 e. The number of carbonyl (C=O) groups is 1. The first-order valence-electron chi connectivity index (χ1n) is 13.0. The fourth-order valence-corrected chi connectivity index (χ4v) is 4.26. The Kier molecular flexibility index (Phi) is 10.5. The Balaban J connectivity index is 1.58. The molecule has 0 bridgehead atoms. The Labute approximate surface area is 212 Å². The van der Waals surface area contributed by atoms with E-state index in [0.717, 1.165) is 19.3 Å². The lowest BCUT2D eigenvalue weighted by atomic mass is 10.0. The van der Waals surface area contributed by atoms with Crippen molar-refractivity contribution in [3.8, 4) is 17.2 Å². The molecule has 0 aliphatic rings. The molecule has 0 heterocycles. The number of aromatic hydroxyl groups is 1. The van der Waals surface area contributed by atoms with Crippen LogP contribution in [0.3, 0.4) is 0 Å². The molecule has 0 aromatic heterocycles. The Hall–Kier alpha value is -3.61. The SMILES string of the molecule is CCCCCCCCCCCCNC(=O)c1cc(Oc2ccc([N+](=O)[O-])cc2)c2ccccc2c1O. The largest absolute Gasteiger partial charge is 0.506 e. The fraction of sp³-hybridized carbons (Fsp3) is 0.414. The van der Waals surface area contributed by atoms with Crippen molar-refractivity contribution in [1.29, 1.82) is 0 Å². The van der Waals surface area contributed by atoms with Crippen molar-refractivity contribution in [3.05, 3.63) is 70.3 Å². The smallest absolute Gasteiger partial charge is 0.269 e. The zero-order valence-electron chi connectivity index (χ0n) is 21.0. The van der Waals surface area contributed by atoms with Gasteiger partial charge in [0, 0.05) is 29.4 Å². The highest BCUT2D eigenvalue weighted by Crippen LogP contribution is 2.38. The van der Waals surface area contributed by atoms with Gasteiger partial charge in [0.25, 0.3) is 11.6 Å². The number of rotatable bonds is 15. The Bertz CT molecular complexity index is 1140. The maximum absolute atomic E-state index is 12.9. The minimum atomic E-state index is -0.475. The van der Waals surface area contributed by atoms with E-state index in [1.807, 2.05) is 6.07 Å². The summed E-state index contributed by atoms with van der Waals surface area (Å²) in [4.78, 5) is 23.3. The van der Waals surface area contributed by atoms with Crippen molar-refractivity contribution in [2.24, 2.45) is 0 Å². The predicted octanol–water partition coefficient (Wildman–Crippen LogP) is 7.90. The van der Waals surface area contributed by atoms with Crippen molar-refractivity contribution in [2.75, 3.05) is 6.54 Å². The summed E-state index contributed by atoms with van der Waals surface area (Å²) in [5.74, 6) is 0.333. The van der Waals surface area contributed by atoms with E-state index >= 15 is 0 Å². The molecule has 0 spiro atoms. The molecule has 0 saturated heterocycles. The van der Waals surface area contributed by atoms with Gasteiger partial charge in [0.05, 0.1) is 10.5 Å². The van der Waals surface area contributed by atoms with E-state index in [4.69, 9.17) is 4.74 Å². The Morgan fingerprint density at radius 1 is 0.889 bits per heavy atom. The highest BCUT2D eigenvalue weighted by atomic mass is 16.6. The Morgan fingerprint density at radius 2 is 1.47 bits per heavy atom. The number of ether oxygens (including phenoxy) is 1. The van der Waals surface area contributed by atoms with E-state index in [2.05, 4.69) is 12.2 Å². The van der Waals surface area contributed by atoms with Crippen LogP contribution in [0.1, 0.15) is 81.5 Å². The number of non-ortho nitro benzene ring substituents is 1. The average molecular weight is 493 g/mol. The van der Waals surface area contributed by atoms with Gasteiger partial charge in [-0.3, -0.25) is 14.9 Å². The standard InChI is InChI=1S/C29H36N2O5/c1-2-3-4-5-6-7-8-9-10-13-20-30-29(33)26-21-27(24-14-11-12-15-25(24)28(26)32)36-23-18-16-22(17-19-23)31(34)35/h11-12,14-19,21,32H,2-10,13,20H2,1H3,(H,30,33). The van der Waals surface area contributed by atoms with E-state index in [-0.39, 0.29) is 22.9 Å². The van der Waals surface area contributed by atoms with Crippen LogP contribution in [0, 0.1) is 10.1 Å². The molecule has 2 N–H and O–H groups in total. The molecule has 7 heteroatoms. The van der Waals surface area contributed by atoms with E-state index < -0.39 is 4.92 Å². The van der Waals surface area contributed by atoms with Crippen LogP contribution in [0.25, 0.3) is 10.8 Å². The quantitative estimate of drug-likeness (QED) is 0.128. The number of hydrogen-bond acceptors (Lipinski definition) is 5. The molecule has 0 unspecified atom stereocenters. The minimum Gasteiger partial charge on any atom is -0.506 e. The van der Waals surface area contributed by atoms with E-state index in [1.54, 1.807) is 18.2 Å². The molecule has 3 rings (SSSR count). The number of amides is 1. The van der Waals surface area contributed by atoms with Crippen LogP contribution in [0.4, 0.5) is 5.69 Å². The van der Waals surface area contributed by atoms with Crippen molar-refractivity contribution in [3.63, 3.8) is 0 Å². The summed E-state index contributed by atoms with van der Waals surface area (Å²) < 4.78 is 5.97. The first kappa shape index (κ1) is 27.0. The van der Waals surface area contributed by atoms with Gasteiger partial charge < -0.3 is 15.2 Å². The summed E-state index contributed by atoms with van der Waals surface area (Å²) >= 11 is 0. The fourth-order valence-electron chi connectivity index (χ4n) is 4.26. The highest BCUT2D eigenvalue weighted by molar-refractivity contribution is 6.05. The molecule has 3 aromatic rings. The molecular formula is C29H36N2O5. The van der Waals surface area contributed by atoms with E-state index in [1.165, 1.54) is 75.3 Å². The molecule has 0 aliphatic heterocycles. The maximum atomic E-state index is 12.9. The first-order valence-corrected chi connectivity index (χ1v) is 13.0. The topological polar surface area (TPSA) is 102 Å². The molecule has 3 aromatic carbocycles. The average Bonchev–Trinajstić information content (AvgIpc) is 2.89. The molecule has 7 nitrogen and oxygen atoms in total. The zero-order chi connectivity index (χ0) is 25.8. The van der Waals surface area contributed by atoms with Gasteiger partial charge in [0.2, 0.25) is 0 Å². The summed E-state index contributed by atoms with van der Waals surface area (Å²) in [7, 11) is 0. The van der Waals surface area contributed by atoms with E-state index in [9.17, 15) is 20.0 Å². The summed E-state index contributed by atoms with van der Waals surface area (Å²) in [6, 6.07) is 14.4. The normalized spacial score (nSPS) is 10.9. The summed E-state index contributed by atoms with van der Waals surface area (Å²) in [5.41, 5.74) is 0.0997. The van der Waals surface area contributed by atoms with Gasteiger partial charge in [-0.2, -0.15) is 0 Å². The van der Waals surface area contributed by atoms with Crippen LogP contribution in [-0.4, -0.2) is 22.5 Å². The summed E-state index contributed by atoms with van der Waals surface area (Å²) in [5, 5.41) is 25.8. The van der Waals surface area contributed by atoms with Crippen molar-refractivity contribution < 1.29 is 19.6 Å². The first-order chi connectivity index (χ1) is 17.5. The van der Waals surface area contributed by atoms with Crippen LogP contribution in [-0.2, 0) is 0 Å². The Morgan fingerprint density at radius 3 is 2.08 bits per heavy atom. The molecule has 192 valence electrons. The van der Waals surface area contributed by atoms with Crippen LogP contribution in [0.5, 0.6) is 17.2 Å². The molecule has 0 saturated carbocycles. The summed E-state index contributed by atoms with van der Waals surface area (Å²) in [6.07, 6.45) is 12.2. The number of phenolic OH excluding ortho intramolecular Hbond substituents is 1. The number of fused-ring (bicyclic) bond motifs is 1. The van der Waals surface area contributed by atoms with Gasteiger partial charge in [-0.25, -0.2) is 0 Å². The molecule has 1 amide bonds. The summed E-state index contributed by atoms with van der Waals surface area (Å²) in [6.45, 7) is 2.77. The van der Waals surface area contributed by atoms with Crippen molar-refractivity contribution in [1.82, 2.24) is 5.32 Å². The monoisotopic (exact) mass is 492 g/mol. The molecule has 0 fully saturated rings. The number of phenols is 1. The van der Waals surface area contributed by atoms with Gasteiger partial charge in [0.15, 0.2) is 0 Å². The second-order valence-corrected chi connectivity index (χ2v) is 9.11. The zero-order valence-corrected chi connectivity index (χ0v) is 21.0.